The van der Waals surface area contributed by atoms with E-state index >= 15 is 0 Å². The maximum atomic E-state index is 11.2. The van der Waals surface area contributed by atoms with E-state index in [0.717, 1.165) is 0 Å². The molecule has 72 valence electrons. The molecule has 0 unspecified atom stereocenters. The van der Waals surface area contributed by atoms with Gasteiger partial charge in [0.05, 0.1) is 10.5 Å². The summed E-state index contributed by atoms with van der Waals surface area (Å²) >= 11 is 0. The standard InChI is InChI=1S/C8H6N2O4/c9-4-1-5-7(11)3-14-8(5)6(2-4)10(12)13/h1-2H,3,9H2. The number of rotatable bonds is 1. The minimum atomic E-state index is -0.617. The zero-order chi connectivity index (χ0) is 10.3. The summed E-state index contributed by atoms with van der Waals surface area (Å²) in [6.45, 7) is -0.153. The van der Waals surface area contributed by atoms with Gasteiger partial charge < -0.3 is 10.5 Å². The first-order chi connectivity index (χ1) is 6.59. The number of nitrogens with two attached hydrogens (primary N) is 1. The molecule has 0 aromatic heterocycles. The molecule has 1 aliphatic rings. The van der Waals surface area contributed by atoms with Crippen molar-refractivity contribution >= 4 is 17.2 Å². The van der Waals surface area contributed by atoms with Gasteiger partial charge in [0.15, 0.2) is 6.61 Å². The van der Waals surface area contributed by atoms with Gasteiger partial charge in [0, 0.05) is 11.8 Å². The molecule has 6 heteroatoms. The second kappa shape index (κ2) is 2.69. The molecule has 1 aromatic carbocycles. The van der Waals surface area contributed by atoms with Crippen LogP contribution < -0.4 is 10.5 Å². The predicted octanol–water partition coefficient (Wildman–Crippen LogP) is 0.752. The monoisotopic (exact) mass is 194 g/mol. The third kappa shape index (κ3) is 1.08. The fraction of sp³-hybridized carbons (Fsp3) is 0.125. The fourth-order valence-electron chi connectivity index (χ4n) is 1.35. The van der Waals surface area contributed by atoms with Crippen molar-refractivity contribution in [1.82, 2.24) is 0 Å². The first-order valence-corrected chi connectivity index (χ1v) is 3.83. The predicted molar refractivity (Wildman–Crippen MR) is 47.3 cm³/mol. The fourth-order valence-corrected chi connectivity index (χ4v) is 1.35. The number of anilines is 1. The number of carbonyl (C=O) groups is 1. The van der Waals surface area contributed by atoms with Crippen molar-refractivity contribution in [2.45, 2.75) is 0 Å². The molecule has 0 saturated heterocycles. The van der Waals surface area contributed by atoms with Crippen molar-refractivity contribution in [3.8, 4) is 5.75 Å². The Balaban J connectivity index is 2.69. The molecule has 0 radical (unpaired) electrons. The van der Waals surface area contributed by atoms with E-state index in [0.29, 0.717) is 0 Å². The molecule has 0 amide bonds. The van der Waals surface area contributed by atoms with Crippen LogP contribution in [0.4, 0.5) is 11.4 Å². The Labute approximate surface area is 78.4 Å². The van der Waals surface area contributed by atoms with Gasteiger partial charge in [-0.2, -0.15) is 0 Å². The summed E-state index contributed by atoms with van der Waals surface area (Å²) in [5, 5.41) is 10.6. The van der Waals surface area contributed by atoms with Gasteiger partial charge in [0.2, 0.25) is 11.5 Å². The summed E-state index contributed by atoms with van der Waals surface area (Å²) in [7, 11) is 0. The number of benzene rings is 1. The summed E-state index contributed by atoms with van der Waals surface area (Å²) in [5.41, 5.74) is 5.54. The average Bonchev–Trinajstić information content (AvgIpc) is 2.47. The van der Waals surface area contributed by atoms with Crippen molar-refractivity contribution in [3.63, 3.8) is 0 Å². The molecule has 0 bridgehead atoms. The number of hydrogen-bond acceptors (Lipinski definition) is 5. The lowest BCUT2D eigenvalue weighted by molar-refractivity contribution is -0.385. The molecule has 2 rings (SSSR count). The second-order valence-electron chi connectivity index (χ2n) is 2.89. The Hall–Kier alpha value is -2.11. The molecule has 6 nitrogen and oxygen atoms in total. The van der Waals surface area contributed by atoms with Crippen LogP contribution in [0.2, 0.25) is 0 Å². The maximum absolute atomic E-state index is 11.2. The van der Waals surface area contributed by atoms with Crippen LogP contribution >= 0.6 is 0 Å². The van der Waals surface area contributed by atoms with Crippen LogP contribution in [0, 0.1) is 10.1 Å². The van der Waals surface area contributed by atoms with Gasteiger partial charge >= 0.3 is 5.69 Å². The Kier molecular flexibility index (Phi) is 1.63. The molecule has 1 heterocycles. The molecule has 0 spiro atoms. The van der Waals surface area contributed by atoms with Crippen molar-refractivity contribution < 1.29 is 14.5 Å². The molecule has 0 saturated carbocycles. The van der Waals surface area contributed by atoms with Crippen LogP contribution in [-0.4, -0.2) is 17.3 Å². The van der Waals surface area contributed by atoms with Gasteiger partial charge in [0.1, 0.15) is 0 Å². The first kappa shape index (κ1) is 8.49. The first-order valence-electron chi connectivity index (χ1n) is 3.83. The Morgan fingerprint density at radius 3 is 2.86 bits per heavy atom. The zero-order valence-corrected chi connectivity index (χ0v) is 7.02. The molecular weight excluding hydrogens is 188 g/mol. The van der Waals surface area contributed by atoms with Crippen LogP contribution in [-0.2, 0) is 0 Å². The number of nitrogens with zero attached hydrogens (tertiary/aromatic N) is 1. The number of nitro groups is 1. The number of carbonyl (C=O) groups excluding carboxylic acids is 1. The van der Waals surface area contributed by atoms with Crippen LogP contribution in [0.1, 0.15) is 10.4 Å². The Morgan fingerprint density at radius 2 is 2.21 bits per heavy atom. The van der Waals surface area contributed by atoms with E-state index in [-0.39, 0.29) is 35.1 Å². The zero-order valence-electron chi connectivity index (χ0n) is 7.02. The number of Topliss-reactive ketones (excluding diaryl/α,β-unsaturated/α-hetero) is 1. The van der Waals surface area contributed by atoms with Crippen molar-refractivity contribution in [1.29, 1.82) is 0 Å². The highest BCUT2D eigenvalue weighted by molar-refractivity contribution is 6.04. The highest BCUT2D eigenvalue weighted by atomic mass is 16.6. The average molecular weight is 194 g/mol. The van der Waals surface area contributed by atoms with Gasteiger partial charge in [-0.05, 0) is 6.07 Å². The SMILES string of the molecule is Nc1cc2c(c([N+](=O)[O-])c1)OCC2=O. The Morgan fingerprint density at radius 1 is 1.50 bits per heavy atom. The summed E-state index contributed by atoms with van der Waals surface area (Å²) in [4.78, 5) is 21.2. The van der Waals surface area contributed by atoms with E-state index in [4.69, 9.17) is 10.5 Å². The van der Waals surface area contributed by atoms with E-state index in [2.05, 4.69) is 0 Å². The lowest BCUT2D eigenvalue weighted by atomic mass is 10.1. The summed E-state index contributed by atoms with van der Waals surface area (Å²) < 4.78 is 4.91. The van der Waals surface area contributed by atoms with Crippen molar-refractivity contribution in [2.24, 2.45) is 0 Å². The van der Waals surface area contributed by atoms with Crippen molar-refractivity contribution in [3.05, 3.63) is 27.8 Å². The largest absolute Gasteiger partial charge is 0.478 e. The second-order valence-corrected chi connectivity index (χ2v) is 2.89. The number of fused-ring (bicyclic) bond motifs is 1. The van der Waals surface area contributed by atoms with Crippen LogP contribution in [0.3, 0.4) is 0 Å². The highest BCUT2D eigenvalue weighted by Crippen LogP contribution is 2.37. The summed E-state index contributed by atoms with van der Waals surface area (Å²) in [5.74, 6) is -0.260. The van der Waals surface area contributed by atoms with Gasteiger partial charge in [-0.3, -0.25) is 14.9 Å². The lowest BCUT2D eigenvalue weighted by Gasteiger charge is -2.00. The molecule has 14 heavy (non-hydrogen) atoms. The molecule has 1 aliphatic heterocycles. The summed E-state index contributed by atoms with van der Waals surface area (Å²) in [6, 6.07) is 2.56. The third-order valence-electron chi connectivity index (χ3n) is 1.94. The van der Waals surface area contributed by atoms with Gasteiger partial charge in [-0.1, -0.05) is 0 Å². The normalized spacial score (nSPS) is 13.6. The van der Waals surface area contributed by atoms with E-state index in [9.17, 15) is 14.9 Å². The molecule has 2 N–H and O–H groups in total. The highest BCUT2D eigenvalue weighted by Gasteiger charge is 2.30. The molecule has 0 atom stereocenters. The number of ketones is 1. The lowest BCUT2D eigenvalue weighted by Crippen LogP contribution is -1.99. The molecule has 0 fully saturated rings. The van der Waals surface area contributed by atoms with E-state index in [1.165, 1.54) is 12.1 Å². The van der Waals surface area contributed by atoms with E-state index < -0.39 is 4.92 Å². The third-order valence-corrected chi connectivity index (χ3v) is 1.94. The number of ether oxygens (including phenoxy) is 1. The van der Waals surface area contributed by atoms with Crippen LogP contribution in [0.15, 0.2) is 12.1 Å². The quantitative estimate of drug-likeness (QED) is 0.404. The minimum Gasteiger partial charge on any atom is -0.478 e. The van der Waals surface area contributed by atoms with Gasteiger partial charge in [-0.25, -0.2) is 0 Å². The molecular formula is C8H6N2O4. The number of hydrogen-bond donors (Lipinski definition) is 1. The smallest absolute Gasteiger partial charge is 0.313 e. The summed E-state index contributed by atoms with van der Waals surface area (Å²) in [6.07, 6.45) is 0. The topological polar surface area (TPSA) is 95.5 Å². The van der Waals surface area contributed by atoms with Crippen LogP contribution in [0.5, 0.6) is 5.75 Å². The van der Waals surface area contributed by atoms with Crippen LogP contribution in [0.25, 0.3) is 0 Å². The van der Waals surface area contributed by atoms with E-state index in [1.54, 1.807) is 0 Å². The number of nitro benzene ring substituents is 1. The number of nitrogen functional groups attached to an aromatic ring is 1. The van der Waals surface area contributed by atoms with E-state index in [1.807, 2.05) is 0 Å². The van der Waals surface area contributed by atoms with Crippen molar-refractivity contribution in [2.75, 3.05) is 12.3 Å². The molecule has 1 aromatic rings. The van der Waals surface area contributed by atoms with Gasteiger partial charge in [0.25, 0.3) is 0 Å². The Bertz CT molecular complexity index is 441. The maximum Gasteiger partial charge on any atom is 0.313 e. The van der Waals surface area contributed by atoms with Gasteiger partial charge in [-0.15, -0.1) is 0 Å². The molecule has 0 aliphatic carbocycles. The minimum absolute atomic E-state index is 0.0224.